The molecule has 1 aliphatic carbocycles. The van der Waals surface area contributed by atoms with E-state index in [1.807, 2.05) is 0 Å². The van der Waals surface area contributed by atoms with Crippen LogP contribution in [0.2, 0.25) is 0 Å². The van der Waals surface area contributed by atoms with Gasteiger partial charge in [-0.05, 0) is 12.8 Å². The van der Waals surface area contributed by atoms with Crippen molar-refractivity contribution in [3.8, 4) is 0 Å². The standard InChI is InChI=1S/C10H20N4O/c11-12-10(15)3-4-13-5-7-14(8-6-13)9-1-2-9/h9H,1-8,11H2,(H,12,15). The summed E-state index contributed by atoms with van der Waals surface area (Å²) in [7, 11) is 0. The number of nitrogens with zero attached hydrogens (tertiary/aromatic N) is 2. The van der Waals surface area contributed by atoms with E-state index in [0.717, 1.165) is 38.8 Å². The van der Waals surface area contributed by atoms with Crippen LogP contribution in [0.4, 0.5) is 0 Å². The minimum Gasteiger partial charge on any atom is -0.300 e. The number of piperazine rings is 1. The lowest BCUT2D eigenvalue weighted by Crippen LogP contribution is -2.48. The third kappa shape index (κ3) is 3.15. The van der Waals surface area contributed by atoms with Gasteiger partial charge in [0.2, 0.25) is 5.91 Å². The van der Waals surface area contributed by atoms with Crippen LogP contribution in [0.15, 0.2) is 0 Å². The van der Waals surface area contributed by atoms with Gasteiger partial charge in [-0.2, -0.15) is 0 Å². The van der Waals surface area contributed by atoms with E-state index in [1.54, 1.807) is 0 Å². The summed E-state index contributed by atoms with van der Waals surface area (Å²) in [5.74, 6) is 4.96. The van der Waals surface area contributed by atoms with Gasteiger partial charge in [-0.15, -0.1) is 0 Å². The molecule has 0 spiro atoms. The molecule has 1 saturated carbocycles. The molecule has 0 aromatic rings. The van der Waals surface area contributed by atoms with Crippen LogP contribution in [-0.2, 0) is 4.79 Å². The number of nitrogens with two attached hydrogens (primary N) is 1. The van der Waals surface area contributed by atoms with Gasteiger partial charge < -0.3 is 4.90 Å². The summed E-state index contributed by atoms with van der Waals surface area (Å²) in [6.45, 7) is 5.34. The molecule has 2 rings (SSSR count). The molecule has 0 aromatic heterocycles. The van der Waals surface area contributed by atoms with Crippen LogP contribution >= 0.6 is 0 Å². The lowest BCUT2D eigenvalue weighted by atomic mass is 10.3. The Hall–Kier alpha value is -0.650. The third-order valence-electron chi connectivity index (χ3n) is 3.29. The quantitative estimate of drug-likeness (QED) is 0.362. The number of hydrogen-bond donors (Lipinski definition) is 2. The fourth-order valence-electron chi connectivity index (χ4n) is 2.12. The van der Waals surface area contributed by atoms with Crippen molar-refractivity contribution in [3.63, 3.8) is 0 Å². The molecule has 0 unspecified atom stereocenters. The molecule has 0 aromatic carbocycles. The average Bonchev–Trinajstić information content (AvgIpc) is 3.10. The second kappa shape index (κ2) is 4.92. The van der Waals surface area contributed by atoms with Crippen LogP contribution in [0.3, 0.4) is 0 Å². The van der Waals surface area contributed by atoms with Crippen molar-refractivity contribution >= 4 is 5.91 Å². The molecule has 1 heterocycles. The van der Waals surface area contributed by atoms with Crippen LogP contribution in [-0.4, -0.2) is 54.5 Å². The summed E-state index contributed by atoms with van der Waals surface area (Å²) in [5, 5.41) is 0. The number of rotatable bonds is 4. The van der Waals surface area contributed by atoms with Crippen molar-refractivity contribution in [2.24, 2.45) is 5.84 Å². The first kappa shape index (κ1) is 10.9. The van der Waals surface area contributed by atoms with Crippen LogP contribution in [0.5, 0.6) is 0 Å². The van der Waals surface area contributed by atoms with E-state index in [2.05, 4.69) is 15.2 Å². The van der Waals surface area contributed by atoms with E-state index in [-0.39, 0.29) is 5.91 Å². The Bertz CT molecular complexity index is 221. The van der Waals surface area contributed by atoms with E-state index < -0.39 is 0 Å². The molecule has 86 valence electrons. The van der Waals surface area contributed by atoms with Crippen LogP contribution in [0.25, 0.3) is 0 Å². The lowest BCUT2D eigenvalue weighted by Gasteiger charge is -2.34. The number of amides is 1. The first-order valence-corrected chi connectivity index (χ1v) is 5.75. The molecule has 2 aliphatic rings. The Morgan fingerprint density at radius 3 is 2.47 bits per heavy atom. The summed E-state index contributed by atoms with van der Waals surface area (Å²) in [5.41, 5.74) is 2.17. The summed E-state index contributed by atoms with van der Waals surface area (Å²) in [6, 6.07) is 0.875. The number of hydrogen-bond acceptors (Lipinski definition) is 4. The molecular weight excluding hydrogens is 192 g/mol. The van der Waals surface area contributed by atoms with Gasteiger partial charge in [-0.25, -0.2) is 5.84 Å². The van der Waals surface area contributed by atoms with Crippen molar-refractivity contribution in [3.05, 3.63) is 0 Å². The zero-order valence-electron chi connectivity index (χ0n) is 9.11. The highest BCUT2D eigenvalue weighted by molar-refractivity contribution is 5.75. The topological polar surface area (TPSA) is 61.6 Å². The summed E-state index contributed by atoms with van der Waals surface area (Å²) in [6.07, 6.45) is 3.28. The summed E-state index contributed by atoms with van der Waals surface area (Å²) >= 11 is 0. The average molecular weight is 212 g/mol. The van der Waals surface area contributed by atoms with Crippen molar-refractivity contribution in [1.82, 2.24) is 15.2 Å². The van der Waals surface area contributed by atoms with Crippen molar-refractivity contribution in [2.75, 3.05) is 32.7 Å². The molecule has 1 saturated heterocycles. The van der Waals surface area contributed by atoms with Gasteiger partial charge in [0.25, 0.3) is 0 Å². The fourth-order valence-corrected chi connectivity index (χ4v) is 2.12. The van der Waals surface area contributed by atoms with Crippen LogP contribution < -0.4 is 11.3 Å². The Morgan fingerprint density at radius 1 is 1.27 bits per heavy atom. The molecule has 1 aliphatic heterocycles. The zero-order valence-corrected chi connectivity index (χ0v) is 9.11. The van der Waals surface area contributed by atoms with Gasteiger partial charge in [0, 0.05) is 45.2 Å². The predicted molar refractivity (Wildman–Crippen MR) is 58.0 cm³/mol. The van der Waals surface area contributed by atoms with E-state index in [9.17, 15) is 4.79 Å². The highest BCUT2D eigenvalue weighted by Crippen LogP contribution is 2.27. The number of nitrogens with one attached hydrogen (secondary N) is 1. The highest BCUT2D eigenvalue weighted by Gasteiger charge is 2.30. The first-order valence-electron chi connectivity index (χ1n) is 5.75. The van der Waals surface area contributed by atoms with Gasteiger partial charge in [0.15, 0.2) is 0 Å². The molecule has 2 fully saturated rings. The first-order chi connectivity index (χ1) is 7.29. The maximum atomic E-state index is 11.0. The van der Waals surface area contributed by atoms with E-state index in [1.165, 1.54) is 12.8 Å². The molecule has 5 heteroatoms. The van der Waals surface area contributed by atoms with E-state index in [0.29, 0.717) is 6.42 Å². The predicted octanol–water partition coefficient (Wildman–Crippen LogP) is -0.854. The minimum atomic E-state index is -0.0698. The zero-order chi connectivity index (χ0) is 10.7. The number of carbonyl (C=O) groups excluding carboxylic acids is 1. The molecule has 1 amide bonds. The number of hydrazine groups is 1. The minimum absolute atomic E-state index is 0.0698. The van der Waals surface area contributed by atoms with Gasteiger partial charge >= 0.3 is 0 Å². The van der Waals surface area contributed by atoms with Crippen LogP contribution in [0, 0.1) is 0 Å². The molecule has 15 heavy (non-hydrogen) atoms. The SMILES string of the molecule is NNC(=O)CCN1CCN(C2CC2)CC1. The maximum absolute atomic E-state index is 11.0. The largest absolute Gasteiger partial charge is 0.300 e. The summed E-state index contributed by atoms with van der Waals surface area (Å²) in [4.78, 5) is 15.9. The van der Waals surface area contributed by atoms with Gasteiger partial charge in [-0.3, -0.25) is 15.1 Å². The monoisotopic (exact) mass is 212 g/mol. The van der Waals surface area contributed by atoms with Crippen molar-refractivity contribution in [1.29, 1.82) is 0 Å². The van der Waals surface area contributed by atoms with Gasteiger partial charge in [0.1, 0.15) is 0 Å². The molecule has 0 radical (unpaired) electrons. The lowest BCUT2D eigenvalue weighted by molar-refractivity contribution is -0.121. The van der Waals surface area contributed by atoms with Crippen molar-refractivity contribution in [2.45, 2.75) is 25.3 Å². The Morgan fingerprint density at radius 2 is 1.93 bits per heavy atom. The highest BCUT2D eigenvalue weighted by atomic mass is 16.2. The van der Waals surface area contributed by atoms with Crippen LogP contribution in [0.1, 0.15) is 19.3 Å². The smallest absolute Gasteiger partial charge is 0.235 e. The Balaban J connectivity index is 1.62. The van der Waals surface area contributed by atoms with Gasteiger partial charge in [-0.1, -0.05) is 0 Å². The molecule has 0 atom stereocenters. The molecular formula is C10H20N4O. The van der Waals surface area contributed by atoms with Crippen molar-refractivity contribution < 1.29 is 4.79 Å². The second-order valence-corrected chi connectivity index (χ2v) is 4.43. The normalized spacial score (nSPS) is 24.1. The fraction of sp³-hybridized carbons (Fsp3) is 0.900. The Labute approximate surface area is 90.6 Å². The van der Waals surface area contributed by atoms with Gasteiger partial charge in [0.05, 0.1) is 0 Å². The third-order valence-corrected chi connectivity index (χ3v) is 3.29. The number of carbonyl (C=O) groups is 1. The maximum Gasteiger partial charge on any atom is 0.235 e. The molecule has 5 nitrogen and oxygen atoms in total. The van der Waals surface area contributed by atoms with E-state index in [4.69, 9.17) is 5.84 Å². The summed E-state index contributed by atoms with van der Waals surface area (Å²) < 4.78 is 0. The molecule has 0 bridgehead atoms. The molecule has 3 N–H and O–H groups in total. The van der Waals surface area contributed by atoms with E-state index >= 15 is 0 Å². The Kier molecular flexibility index (Phi) is 3.56. The second-order valence-electron chi connectivity index (χ2n) is 4.43.